The average molecular weight is 337 g/mol. The van der Waals surface area contributed by atoms with E-state index in [0.717, 1.165) is 31.7 Å². The molecule has 0 aliphatic rings. The normalized spacial score (nSPS) is 13.5. The molecule has 0 aliphatic carbocycles. The van der Waals surface area contributed by atoms with Gasteiger partial charge in [-0.2, -0.15) is 0 Å². The quantitative estimate of drug-likeness (QED) is 0.242. The molecule has 0 heterocycles. The second-order valence-electron chi connectivity index (χ2n) is 5.23. The second kappa shape index (κ2) is 14.6. The van der Waals surface area contributed by atoms with Crippen LogP contribution in [0.25, 0.3) is 0 Å². The summed E-state index contributed by atoms with van der Waals surface area (Å²) in [6.07, 6.45) is 3.61. The smallest absolute Gasteiger partial charge is 0.373 e. The first-order valence-corrected chi connectivity index (χ1v) is 10.7. The van der Waals surface area contributed by atoms with Gasteiger partial charge >= 0.3 is 8.80 Å². The fourth-order valence-electron chi connectivity index (χ4n) is 1.93. The third kappa shape index (κ3) is 10.7. The molecule has 5 nitrogen and oxygen atoms in total. The SMILES string of the molecule is CCCO[Si](CCCOC(C)OCC)(OCCC)OCCC. The van der Waals surface area contributed by atoms with Crippen LogP contribution < -0.4 is 0 Å². The van der Waals surface area contributed by atoms with Gasteiger partial charge in [-0.05, 0) is 39.5 Å². The van der Waals surface area contributed by atoms with Crippen LogP contribution in [0.3, 0.4) is 0 Å². The highest BCUT2D eigenvalue weighted by molar-refractivity contribution is 6.60. The van der Waals surface area contributed by atoms with Crippen molar-refractivity contribution in [1.82, 2.24) is 0 Å². The summed E-state index contributed by atoms with van der Waals surface area (Å²) in [6.45, 7) is 13.6. The van der Waals surface area contributed by atoms with Crippen molar-refractivity contribution in [2.45, 2.75) is 72.6 Å². The van der Waals surface area contributed by atoms with Crippen LogP contribution in [-0.2, 0) is 22.8 Å². The summed E-state index contributed by atoms with van der Waals surface area (Å²) >= 11 is 0. The standard InChI is InChI=1S/C16H36O5Si/c1-6-11-19-22(20-12-7-2,21-13-8-3)15-10-14-18-16(5)17-9-4/h16H,6-15H2,1-5H3. The zero-order chi connectivity index (χ0) is 16.7. The van der Waals surface area contributed by atoms with Gasteiger partial charge in [0.1, 0.15) is 0 Å². The summed E-state index contributed by atoms with van der Waals surface area (Å²) in [5, 5.41) is 0. The lowest BCUT2D eigenvalue weighted by molar-refractivity contribution is -0.127. The van der Waals surface area contributed by atoms with Gasteiger partial charge in [0, 0.05) is 39.1 Å². The predicted molar refractivity (Wildman–Crippen MR) is 90.9 cm³/mol. The fraction of sp³-hybridized carbons (Fsp3) is 1.00. The van der Waals surface area contributed by atoms with Crippen LogP contribution in [0.2, 0.25) is 6.04 Å². The van der Waals surface area contributed by atoms with Gasteiger partial charge in [0.05, 0.1) is 0 Å². The Morgan fingerprint density at radius 3 is 1.64 bits per heavy atom. The first-order valence-electron chi connectivity index (χ1n) is 8.79. The van der Waals surface area contributed by atoms with Crippen molar-refractivity contribution in [3.8, 4) is 0 Å². The van der Waals surface area contributed by atoms with Crippen molar-refractivity contribution in [3.05, 3.63) is 0 Å². The molecule has 0 saturated heterocycles. The molecule has 1 unspecified atom stereocenters. The average Bonchev–Trinajstić information content (AvgIpc) is 2.52. The van der Waals surface area contributed by atoms with E-state index >= 15 is 0 Å². The minimum absolute atomic E-state index is 0.161. The Morgan fingerprint density at radius 1 is 0.727 bits per heavy atom. The summed E-state index contributed by atoms with van der Waals surface area (Å²) in [4.78, 5) is 0. The molecule has 0 aromatic carbocycles. The highest BCUT2D eigenvalue weighted by Crippen LogP contribution is 2.19. The van der Waals surface area contributed by atoms with Crippen molar-refractivity contribution in [3.63, 3.8) is 0 Å². The Hall–Kier alpha value is 0.0169. The van der Waals surface area contributed by atoms with E-state index in [0.29, 0.717) is 33.0 Å². The van der Waals surface area contributed by atoms with Crippen molar-refractivity contribution in [2.24, 2.45) is 0 Å². The van der Waals surface area contributed by atoms with E-state index in [-0.39, 0.29) is 6.29 Å². The molecule has 22 heavy (non-hydrogen) atoms. The Balaban J connectivity index is 4.38. The number of hydrogen-bond donors (Lipinski definition) is 0. The maximum absolute atomic E-state index is 6.05. The Labute approximate surface area is 138 Å². The zero-order valence-electron chi connectivity index (χ0n) is 15.2. The minimum atomic E-state index is -2.57. The first-order chi connectivity index (χ1) is 10.6. The molecular formula is C16H36O5Si. The molecule has 0 fully saturated rings. The van der Waals surface area contributed by atoms with E-state index in [2.05, 4.69) is 20.8 Å². The largest absolute Gasteiger partial charge is 0.501 e. The third-order valence-corrected chi connectivity index (χ3v) is 5.86. The van der Waals surface area contributed by atoms with E-state index < -0.39 is 8.80 Å². The van der Waals surface area contributed by atoms with Gasteiger partial charge in [0.2, 0.25) is 0 Å². The molecule has 0 saturated carbocycles. The van der Waals surface area contributed by atoms with Crippen LogP contribution >= 0.6 is 0 Å². The second-order valence-corrected chi connectivity index (χ2v) is 7.96. The molecule has 0 radical (unpaired) electrons. The molecule has 134 valence electrons. The molecule has 0 aliphatic heterocycles. The van der Waals surface area contributed by atoms with E-state index in [9.17, 15) is 0 Å². The molecule has 0 N–H and O–H groups in total. The highest BCUT2D eigenvalue weighted by atomic mass is 28.4. The first kappa shape index (κ1) is 22.0. The van der Waals surface area contributed by atoms with Crippen molar-refractivity contribution < 1.29 is 22.8 Å². The summed E-state index contributed by atoms with van der Waals surface area (Å²) < 4.78 is 29.1. The number of ether oxygens (including phenoxy) is 2. The molecular weight excluding hydrogens is 300 g/mol. The van der Waals surface area contributed by atoms with Crippen molar-refractivity contribution in [2.75, 3.05) is 33.0 Å². The van der Waals surface area contributed by atoms with Crippen LogP contribution in [0.15, 0.2) is 0 Å². The lowest BCUT2D eigenvalue weighted by Crippen LogP contribution is -2.46. The van der Waals surface area contributed by atoms with Crippen molar-refractivity contribution >= 4 is 8.80 Å². The maximum Gasteiger partial charge on any atom is 0.501 e. The molecule has 0 rings (SSSR count). The van der Waals surface area contributed by atoms with E-state index in [4.69, 9.17) is 22.8 Å². The van der Waals surface area contributed by atoms with Crippen LogP contribution in [0.1, 0.15) is 60.3 Å². The lowest BCUT2D eigenvalue weighted by atomic mass is 10.5. The van der Waals surface area contributed by atoms with Crippen LogP contribution in [0.5, 0.6) is 0 Å². The summed E-state index contributed by atoms with van der Waals surface area (Å²) in [5.74, 6) is 0. The zero-order valence-corrected chi connectivity index (χ0v) is 16.2. The van der Waals surface area contributed by atoms with Crippen LogP contribution in [0, 0.1) is 0 Å². The number of hydrogen-bond acceptors (Lipinski definition) is 5. The number of rotatable bonds is 16. The summed E-state index contributed by atoms with van der Waals surface area (Å²) in [6, 6.07) is 0.797. The van der Waals surface area contributed by atoms with Gasteiger partial charge in [-0.25, -0.2) is 0 Å². The monoisotopic (exact) mass is 336 g/mol. The molecule has 0 amide bonds. The van der Waals surface area contributed by atoms with Gasteiger partial charge in [0.25, 0.3) is 0 Å². The lowest BCUT2D eigenvalue weighted by Gasteiger charge is -2.29. The molecule has 6 heteroatoms. The molecule has 0 spiro atoms. The van der Waals surface area contributed by atoms with Gasteiger partial charge in [-0.15, -0.1) is 0 Å². The third-order valence-electron chi connectivity index (χ3n) is 2.96. The molecule has 1 atom stereocenters. The fourth-order valence-corrected chi connectivity index (χ4v) is 4.74. The molecule has 0 bridgehead atoms. The van der Waals surface area contributed by atoms with E-state index in [1.54, 1.807) is 0 Å². The van der Waals surface area contributed by atoms with E-state index in [1.807, 2.05) is 13.8 Å². The Kier molecular flexibility index (Phi) is 14.6. The Bertz CT molecular complexity index is 219. The summed E-state index contributed by atoms with van der Waals surface area (Å²) in [7, 11) is -2.57. The van der Waals surface area contributed by atoms with Gasteiger partial charge in [0.15, 0.2) is 6.29 Å². The predicted octanol–water partition coefficient (Wildman–Crippen LogP) is 3.99. The van der Waals surface area contributed by atoms with Crippen molar-refractivity contribution in [1.29, 1.82) is 0 Å². The van der Waals surface area contributed by atoms with Crippen LogP contribution in [0.4, 0.5) is 0 Å². The highest BCUT2D eigenvalue weighted by Gasteiger charge is 2.40. The van der Waals surface area contributed by atoms with Gasteiger partial charge < -0.3 is 22.8 Å². The van der Waals surface area contributed by atoms with E-state index in [1.165, 1.54) is 0 Å². The van der Waals surface area contributed by atoms with Gasteiger partial charge in [-0.1, -0.05) is 20.8 Å². The van der Waals surface area contributed by atoms with Crippen LogP contribution in [-0.4, -0.2) is 48.1 Å². The summed E-state index contributed by atoms with van der Waals surface area (Å²) in [5.41, 5.74) is 0. The Morgan fingerprint density at radius 2 is 1.23 bits per heavy atom. The van der Waals surface area contributed by atoms with Gasteiger partial charge in [-0.3, -0.25) is 0 Å². The topological polar surface area (TPSA) is 46.2 Å². The molecule has 0 aromatic heterocycles. The maximum atomic E-state index is 6.05. The molecule has 0 aromatic rings. The minimum Gasteiger partial charge on any atom is -0.373 e.